The van der Waals surface area contributed by atoms with Crippen LogP contribution < -0.4 is 15.6 Å². The molecule has 0 aliphatic heterocycles. The fraction of sp³-hybridized carbons (Fsp3) is 0.294. The maximum absolute atomic E-state index is 12.4. The van der Waals surface area contributed by atoms with Crippen LogP contribution >= 0.6 is 34.7 Å². The Labute approximate surface area is 169 Å². The number of aromatic nitrogens is 4. The molecule has 0 aliphatic rings. The van der Waals surface area contributed by atoms with E-state index in [0.29, 0.717) is 14.4 Å². The molecule has 0 fully saturated rings. The third-order valence-electron chi connectivity index (χ3n) is 3.45. The fourth-order valence-electron chi connectivity index (χ4n) is 2.19. The van der Waals surface area contributed by atoms with Gasteiger partial charge in [-0.05, 0) is 32.9 Å². The van der Waals surface area contributed by atoms with Crippen molar-refractivity contribution >= 4 is 45.5 Å². The standard InChI is InChI=1S/C17H18ClN5O2S2/c1-17(2,3)23-14(24)13(18)12(9-19-23)26-16-22-21-15(27-16)20-10-6-5-7-11(8-10)25-4/h5-9H,1-4H3,(H,20,21). The van der Waals surface area contributed by atoms with Gasteiger partial charge < -0.3 is 10.1 Å². The molecule has 7 nitrogen and oxygen atoms in total. The SMILES string of the molecule is COc1cccc(Nc2nnc(Sc3cnn(C(C)(C)C)c(=O)c3Cl)s2)c1. The molecule has 0 aliphatic carbocycles. The van der Waals surface area contributed by atoms with Crippen LogP contribution in [-0.4, -0.2) is 27.1 Å². The molecule has 2 aromatic heterocycles. The molecule has 10 heteroatoms. The van der Waals surface area contributed by atoms with E-state index < -0.39 is 5.54 Å². The highest BCUT2D eigenvalue weighted by Gasteiger charge is 2.20. The molecule has 3 rings (SSSR count). The van der Waals surface area contributed by atoms with Crippen LogP contribution in [-0.2, 0) is 5.54 Å². The van der Waals surface area contributed by atoms with Crippen LogP contribution in [0.3, 0.4) is 0 Å². The molecule has 0 bridgehead atoms. The van der Waals surface area contributed by atoms with Gasteiger partial charge in [-0.15, -0.1) is 10.2 Å². The van der Waals surface area contributed by atoms with Crippen molar-refractivity contribution in [1.82, 2.24) is 20.0 Å². The number of hydrogen-bond acceptors (Lipinski definition) is 8. The quantitative estimate of drug-likeness (QED) is 0.650. The molecule has 0 unspecified atom stereocenters. The van der Waals surface area contributed by atoms with Gasteiger partial charge in [0.25, 0.3) is 5.56 Å². The van der Waals surface area contributed by atoms with Crippen molar-refractivity contribution in [3.05, 3.63) is 45.8 Å². The molecule has 0 saturated heterocycles. The first kappa shape index (κ1) is 19.7. The molecular formula is C17H18ClN5O2S2. The highest BCUT2D eigenvalue weighted by Crippen LogP contribution is 2.35. The van der Waals surface area contributed by atoms with E-state index in [4.69, 9.17) is 16.3 Å². The highest BCUT2D eigenvalue weighted by atomic mass is 35.5. The van der Waals surface area contributed by atoms with Gasteiger partial charge in [0.15, 0.2) is 4.34 Å². The van der Waals surface area contributed by atoms with E-state index in [2.05, 4.69) is 20.6 Å². The average molecular weight is 424 g/mol. The Hall–Kier alpha value is -2.10. The van der Waals surface area contributed by atoms with Crippen molar-refractivity contribution in [3.63, 3.8) is 0 Å². The second kappa shape index (κ2) is 7.87. The molecular weight excluding hydrogens is 406 g/mol. The molecule has 0 atom stereocenters. The van der Waals surface area contributed by atoms with Gasteiger partial charge in [-0.1, -0.05) is 40.8 Å². The summed E-state index contributed by atoms with van der Waals surface area (Å²) in [4.78, 5) is 13.0. The number of ether oxygens (including phenoxy) is 1. The van der Waals surface area contributed by atoms with E-state index in [1.807, 2.05) is 45.0 Å². The summed E-state index contributed by atoms with van der Waals surface area (Å²) in [6, 6.07) is 7.51. The Bertz CT molecular complexity index is 1010. The first-order valence-corrected chi connectivity index (χ1v) is 10.00. The summed E-state index contributed by atoms with van der Waals surface area (Å²) < 4.78 is 7.22. The van der Waals surface area contributed by atoms with E-state index in [1.165, 1.54) is 27.8 Å². The summed E-state index contributed by atoms with van der Waals surface area (Å²) in [6.07, 6.45) is 1.58. The van der Waals surface area contributed by atoms with Crippen molar-refractivity contribution in [3.8, 4) is 5.75 Å². The minimum Gasteiger partial charge on any atom is -0.497 e. The lowest BCUT2D eigenvalue weighted by atomic mass is 10.1. The number of benzene rings is 1. The summed E-state index contributed by atoms with van der Waals surface area (Å²) in [5.41, 5.74) is 0.0726. The zero-order valence-electron chi connectivity index (χ0n) is 15.2. The normalized spacial score (nSPS) is 11.4. The predicted molar refractivity (Wildman–Crippen MR) is 109 cm³/mol. The lowest BCUT2D eigenvalue weighted by Gasteiger charge is -2.20. The lowest BCUT2D eigenvalue weighted by Crippen LogP contribution is -2.36. The summed E-state index contributed by atoms with van der Waals surface area (Å²) in [7, 11) is 1.62. The van der Waals surface area contributed by atoms with Crippen LogP contribution in [0.15, 0.2) is 44.5 Å². The molecule has 0 saturated carbocycles. The Morgan fingerprint density at radius 3 is 2.78 bits per heavy atom. The number of anilines is 2. The van der Waals surface area contributed by atoms with Gasteiger partial charge in [0.1, 0.15) is 10.8 Å². The number of halogens is 1. The number of rotatable bonds is 5. The van der Waals surface area contributed by atoms with E-state index in [-0.39, 0.29) is 10.6 Å². The van der Waals surface area contributed by atoms with Gasteiger partial charge >= 0.3 is 0 Å². The third-order valence-corrected chi connectivity index (χ3v) is 5.84. The molecule has 1 N–H and O–H groups in total. The summed E-state index contributed by atoms with van der Waals surface area (Å²) in [5.74, 6) is 0.747. The van der Waals surface area contributed by atoms with Crippen LogP contribution in [0.2, 0.25) is 5.02 Å². The van der Waals surface area contributed by atoms with E-state index in [1.54, 1.807) is 13.3 Å². The Morgan fingerprint density at radius 1 is 1.30 bits per heavy atom. The average Bonchev–Trinajstić information content (AvgIpc) is 3.05. The van der Waals surface area contributed by atoms with Gasteiger partial charge in [-0.3, -0.25) is 4.79 Å². The Morgan fingerprint density at radius 2 is 2.07 bits per heavy atom. The minimum absolute atomic E-state index is 0.127. The second-order valence-corrected chi connectivity index (χ2v) is 9.19. The molecule has 142 valence electrons. The van der Waals surface area contributed by atoms with Crippen molar-refractivity contribution in [2.45, 2.75) is 35.5 Å². The highest BCUT2D eigenvalue weighted by molar-refractivity contribution is 8.01. The molecule has 0 amide bonds. The molecule has 27 heavy (non-hydrogen) atoms. The second-order valence-electron chi connectivity index (χ2n) is 6.54. The zero-order valence-corrected chi connectivity index (χ0v) is 17.6. The van der Waals surface area contributed by atoms with Crippen molar-refractivity contribution in [2.24, 2.45) is 0 Å². The Balaban J connectivity index is 1.78. The molecule has 0 spiro atoms. The largest absolute Gasteiger partial charge is 0.497 e. The van der Waals surface area contributed by atoms with Crippen molar-refractivity contribution < 1.29 is 4.74 Å². The van der Waals surface area contributed by atoms with Crippen LogP contribution in [0.1, 0.15) is 20.8 Å². The molecule has 2 heterocycles. The van der Waals surface area contributed by atoms with Gasteiger partial charge in [-0.25, -0.2) is 4.68 Å². The van der Waals surface area contributed by atoms with E-state index in [0.717, 1.165) is 11.4 Å². The van der Waals surface area contributed by atoms with Gasteiger partial charge in [0.05, 0.1) is 23.7 Å². The Kier molecular flexibility index (Phi) is 5.73. The summed E-state index contributed by atoms with van der Waals surface area (Å²) in [6.45, 7) is 5.68. The van der Waals surface area contributed by atoms with Crippen LogP contribution in [0.5, 0.6) is 5.75 Å². The van der Waals surface area contributed by atoms with Gasteiger partial charge in [0, 0.05) is 11.8 Å². The maximum Gasteiger partial charge on any atom is 0.287 e. The third kappa shape index (κ3) is 4.60. The van der Waals surface area contributed by atoms with E-state index in [9.17, 15) is 4.79 Å². The first-order chi connectivity index (χ1) is 12.8. The van der Waals surface area contributed by atoms with Crippen LogP contribution in [0.4, 0.5) is 10.8 Å². The lowest BCUT2D eigenvalue weighted by molar-refractivity contribution is 0.336. The van der Waals surface area contributed by atoms with E-state index >= 15 is 0 Å². The van der Waals surface area contributed by atoms with Crippen LogP contribution in [0.25, 0.3) is 0 Å². The zero-order chi connectivity index (χ0) is 19.6. The first-order valence-electron chi connectivity index (χ1n) is 7.98. The monoisotopic (exact) mass is 423 g/mol. The smallest absolute Gasteiger partial charge is 0.287 e. The summed E-state index contributed by atoms with van der Waals surface area (Å²) in [5, 5.41) is 16.4. The number of nitrogens with one attached hydrogen (secondary N) is 1. The van der Waals surface area contributed by atoms with Crippen molar-refractivity contribution in [1.29, 1.82) is 0 Å². The van der Waals surface area contributed by atoms with Crippen LogP contribution in [0, 0.1) is 0 Å². The van der Waals surface area contributed by atoms with Crippen molar-refractivity contribution in [2.75, 3.05) is 12.4 Å². The summed E-state index contributed by atoms with van der Waals surface area (Å²) >= 11 is 8.87. The topological polar surface area (TPSA) is 81.9 Å². The molecule has 1 aromatic carbocycles. The predicted octanol–water partition coefficient (Wildman–Crippen LogP) is 4.41. The number of methoxy groups -OCH3 is 1. The molecule has 0 radical (unpaired) electrons. The van der Waals surface area contributed by atoms with Gasteiger partial charge in [0.2, 0.25) is 5.13 Å². The molecule has 3 aromatic rings. The minimum atomic E-state index is -0.444. The van der Waals surface area contributed by atoms with Gasteiger partial charge in [-0.2, -0.15) is 5.10 Å². The fourth-order valence-corrected chi connectivity index (χ4v) is 4.15. The maximum atomic E-state index is 12.4. The number of hydrogen-bond donors (Lipinski definition) is 1. The number of nitrogens with zero attached hydrogens (tertiary/aromatic N) is 4.